The van der Waals surface area contributed by atoms with Crippen LogP contribution >= 0.6 is 0 Å². The predicted octanol–water partition coefficient (Wildman–Crippen LogP) is 3.09. The molecule has 0 aliphatic carbocycles. The van der Waals surface area contributed by atoms with E-state index >= 15 is 0 Å². The van der Waals surface area contributed by atoms with Crippen LogP contribution in [0.1, 0.15) is 11.1 Å². The normalized spacial score (nSPS) is 10.5. The quantitative estimate of drug-likeness (QED) is 0.660. The summed E-state index contributed by atoms with van der Waals surface area (Å²) in [6, 6.07) is 8.05. The lowest BCUT2D eigenvalue weighted by Gasteiger charge is -2.11. The average Bonchev–Trinajstić information content (AvgIpc) is 2.21. The Morgan fingerprint density at radius 3 is 1.88 bits per heavy atom. The van der Waals surface area contributed by atoms with E-state index in [-0.39, 0.29) is 17.2 Å². The maximum Gasteiger partial charge on any atom is 0.158 e. The van der Waals surface area contributed by atoms with Gasteiger partial charge in [-0.3, -0.25) is 0 Å². The molecule has 0 bridgehead atoms. The Balaban J connectivity index is 2.64. The highest BCUT2D eigenvalue weighted by Crippen LogP contribution is 2.35. The van der Waals surface area contributed by atoms with E-state index in [0.717, 1.165) is 22.3 Å². The summed E-state index contributed by atoms with van der Waals surface area (Å²) >= 11 is 0. The van der Waals surface area contributed by atoms with E-state index in [4.69, 9.17) is 0 Å². The van der Waals surface area contributed by atoms with Crippen molar-refractivity contribution < 1.29 is 15.3 Å². The van der Waals surface area contributed by atoms with Crippen LogP contribution in [0.2, 0.25) is 0 Å². The molecule has 2 aromatic rings. The molecular formula is C14H14O3. The van der Waals surface area contributed by atoms with Gasteiger partial charge in [-0.25, -0.2) is 0 Å². The summed E-state index contributed by atoms with van der Waals surface area (Å²) in [5, 5.41) is 28.3. The van der Waals surface area contributed by atoms with Crippen LogP contribution in [0.5, 0.6) is 17.2 Å². The van der Waals surface area contributed by atoms with Gasteiger partial charge in [0.05, 0.1) is 0 Å². The predicted molar refractivity (Wildman–Crippen MR) is 66.3 cm³/mol. The molecule has 2 aromatic carbocycles. The van der Waals surface area contributed by atoms with Crippen LogP contribution in [0.3, 0.4) is 0 Å². The molecule has 0 atom stereocenters. The Bertz CT molecular complexity index is 551. The van der Waals surface area contributed by atoms with Gasteiger partial charge in [0.25, 0.3) is 0 Å². The number of rotatable bonds is 1. The van der Waals surface area contributed by atoms with Crippen molar-refractivity contribution in [3.05, 3.63) is 41.5 Å². The topological polar surface area (TPSA) is 60.7 Å². The van der Waals surface area contributed by atoms with Gasteiger partial charge in [-0.05, 0) is 60.4 Å². The lowest BCUT2D eigenvalue weighted by molar-refractivity contribution is 0.404. The fourth-order valence-electron chi connectivity index (χ4n) is 2.07. The van der Waals surface area contributed by atoms with Crippen LogP contribution in [0.15, 0.2) is 30.3 Å². The number of hydrogen-bond acceptors (Lipinski definition) is 3. The summed E-state index contributed by atoms with van der Waals surface area (Å²) in [5.41, 5.74) is 3.62. The first-order valence-corrected chi connectivity index (χ1v) is 5.31. The van der Waals surface area contributed by atoms with Crippen molar-refractivity contribution in [1.82, 2.24) is 0 Å². The van der Waals surface area contributed by atoms with Crippen LogP contribution in [0, 0.1) is 13.8 Å². The Kier molecular flexibility index (Phi) is 2.68. The number of phenols is 3. The van der Waals surface area contributed by atoms with Crippen molar-refractivity contribution >= 4 is 0 Å². The van der Waals surface area contributed by atoms with Crippen LogP contribution < -0.4 is 0 Å². The Labute approximate surface area is 99.6 Å². The molecule has 0 amide bonds. The van der Waals surface area contributed by atoms with E-state index < -0.39 is 0 Å². The molecule has 3 nitrogen and oxygen atoms in total. The maximum absolute atomic E-state index is 9.50. The molecular weight excluding hydrogens is 216 g/mol. The smallest absolute Gasteiger partial charge is 0.158 e. The van der Waals surface area contributed by atoms with Crippen molar-refractivity contribution in [2.45, 2.75) is 13.8 Å². The van der Waals surface area contributed by atoms with Crippen molar-refractivity contribution in [3.63, 3.8) is 0 Å². The summed E-state index contributed by atoms with van der Waals surface area (Å²) in [4.78, 5) is 0. The van der Waals surface area contributed by atoms with Crippen molar-refractivity contribution in [2.75, 3.05) is 0 Å². The molecule has 0 heterocycles. The van der Waals surface area contributed by atoms with E-state index in [2.05, 4.69) is 0 Å². The minimum atomic E-state index is -0.144. The van der Waals surface area contributed by atoms with Crippen LogP contribution in [0.25, 0.3) is 11.1 Å². The number of aryl methyl sites for hydroxylation is 2. The number of phenolic OH excluding ortho intramolecular Hbond substituents is 3. The SMILES string of the molecule is Cc1cc(O)cc(C)c1-c1ccc(O)c(O)c1. The second kappa shape index (κ2) is 4.01. The van der Waals surface area contributed by atoms with E-state index in [1.807, 2.05) is 13.8 Å². The van der Waals surface area contributed by atoms with Gasteiger partial charge in [0.1, 0.15) is 5.75 Å². The molecule has 0 spiro atoms. The lowest BCUT2D eigenvalue weighted by Crippen LogP contribution is -1.88. The molecule has 17 heavy (non-hydrogen) atoms. The first kappa shape index (κ1) is 11.3. The molecule has 0 aliphatic heterocycles. The fraction of sp³-hybridized carbons (Fsp3) is 0.143. The second-order valence-electron chi connectivity index (χ2n) is 4.16. The third-order valence-electron chi connectivity index (χ3n) is 2.78. The Morgan fingerprint density at radius 2 is 1.35 bits per heavy atom. The number of aromatic hydroxyl groups is 3. The van der Waals surface area contributed by atoms with Gasteiger partial charge in [0.2, 0.25) is 0 Å². The van der Waals surface area contributed by atoms with Gasteiger partial charge >= 0.3 is 0 Å². The van der Waals surface area contributed by atoms with Crippen LogP contribution in [0.4, 0.5) is 0 Å². The molecule has 0 aliphatic rings. The van der Waals surface area contributed by atoms with E-state index in [9.17, 15) is 15.3 Å². The molecule has 88 valence electrons. The Hall–Kier alpha value is -2.16. The molecule has 0 saturated heterocycles. The monoisotopic (exact) mass is 230 g/mol. The summed E-state index contributed by atoms with van der Waals surface area (Å²) in [7, 11) is 0. The largest absolute Gasteiger partial charge is 0.508 e. The first-order chi connectivity index (χ1) is 7.99. The summed E-state index contributed by atoms with van der Waals surface area (Å²) in [6.07, 6.45) is 0. The van der Waals surface area contributed by atoms with Crippen LogP contribution in [-0.2, 0) is 0 Å². The van der Waals surface area contributed by atoms with Crippen molar-refractivity contribution in [3.8, 4) is 28.4 Å². The first-order valence-electron chi connectivity index (χ1n) is 5.31. The minimum Gasteiger partial charge on any atom is -0.508 e. The van der Waals surface area contributed by atoms with Gasteiger partial charge in [-0.1, -0.05) is 6.07 Å². The van der Waals surface area contributed by atoms with Gasteiger partial charge < -0.3 is 15.3 Å². The molecule has 0 aromatic heterocycles. The lowest BCUT2D eigenvalue weighted by atomic mass is 9.95. The Morgan fingerprint density at radius 1 is 0.765 bits per heavy atom. The summed E-state index contributed by atoms with van der Waals surface area (Å²) in [5.74, 6) is -0.0519. The maximum atomic E-state index is 9.50. The van der Waals surface area contributed by atoms with E-state index in [0.29, 0.717) is 0 Å². The second-order valence-corrected chi connectivity index (χ2v) is 4.16. The van der Waals surface area contributed by atoms with E-state index in [1.54, 1.807) is 18.2 Å². The molecule has 2 rings (SSSR count). The molecule has 0 unspecified atom stereocenters. The standard InChI is InChI=1S/C14H14O3/c1-8-5-11(15)6-9(2)14(8)10-3-4-12(16)13(17)7-10/h3-7,15-17H,1-2H3. The van der Waals surface area contributed by atoms with Crippen LogP contribution in [-0.4, -0.2) is 15.3 Å². The summed E-state index contributed by atoms with van der Waals surface area (Å²) in [6.45, 7) is 3.79. The van der Waals surface area contributed by atoms with Gasteiger partial charge in [0.15, 0.2) is 11.5 Å². The highest BCUT2D eigenvalue weighted by atomic mass is 16.3. The minimum absolute atomic E-state index is 0.136. The third kappa shape index (κ3) is 2.04. The zero-order chi connectivity index (χ0) is 12.6. The van der Waals surface area contributed by atoms with Gasteiger partial charge in [-0.15, -0.1) is 0 Å². The molecule has 0 fully saturated rings. The van der Waals surface area contributed by atoms with Crippen molar-refractivity contribution in [1.29, 1.82) is 0 Å². The summed E-state index contributed by atoms with van der Waals surface area (Å²) < 4.78 is 0. The third-order valence-corrected chi connectivity index (χ3v) is 2.78. The highest BCUT2D eigenvalue weighted by molar-refractivity contribution is 5.73. The number of hydrogen-bond donors (Lipinski definition) is 3. The van der Waals surface area contributed by atoms with Gasteiger partial charge in [-0.2, -0.15) is 0 Å². The van der Waals surface area contributed by atoms with E-state index in [1.165, 1.54) is 12.1 Å². The molecule has 3 N–H and O–H groups in total. The molecule has 0 radical (unpaired) electrons. The molecule has 0 saturated carbocycles. The zero-order valence-corrected chi connectivity index (χ0v) is 9.73. The average molecular weight is 230 g/mol. The van der Waals surface area contributed by atoms with Gasteiger partial charge in [0, 0.05) is 0 Å². The van der Waals surface area contributed by atoms with Crippen molar-refractivity contribution in [2.24, 2.45) is 0 Å². The fourth-order valence-corrected chi connectivity index (χ4v) is 2.07. The highest BCUT2D eigenvalue weighted by Gasteiger charge is 2.09. The zero-order valence-electron chi connectivity index (χ0n) is 9.73. The number of benzene rings is 2. The molecule has 3 heteroatoms.